The minimum atomic E-state index is -0.826. The average Bonchev–Trinajstić information content (AvgIpc) is 2.61. The molecule has 0 saturated carbocycles. The Balaban J connectivity index is 2.54. The molecule has 1 heterocycles. The van der Waals surface area contributed by atoms with Crippen LogP contribution in [0.5, 0.6) is 0 Å². The van der Waals surface area contributed by atoms with Gasteiger partial charge in [-0.25, -0.2) is 0 Å². The molecule has 0 aliphatic rings. The maximum atomic E-state index is 10.7. The van der Waals surface area contributed by atoms with Crippen LogP contribution in [0.2, 0.25) is 0 Å². The number of imidazole rings is 1. The molecular weight excluding hydrogens is 255 g/mol. The van der Waals surface area contributed by atoms with E-state index in [1.807, 2.05) is 18.2 Å². The van der Waals surface area contributed by atoms with E-state index in [1.165, 1.54) is 0 Å². The van der Waals surface area contributed by atoms with Crippen LogP contribution in [0.25, 0.3) is 11.0 Å². The number of benzene rings is 1. The number of fused-ring (bicyclic) bond motifs is 1. The predicted octanol–water partition coefficient (Wildman–Crippen LogP) is 0.323. The molecule has 1 aromatic carbocycles. The van der Waals surface area contributed by atoms with Crippen molar-refractivity contribution >= 4 is 33.9 Å². The van der Waals surface area contributed by atoms with Gasteiger partial charge in [0, 0.05) is 0 Å². The number of rotatable bonds is 3. The summed E-state index contributed by atoms with van der Waals surface area (Å²) < 4.78 is 0. The van der Waals surface area contributed by atoms with E-state index in [0.717, 1.165) is 27.6 Å². The number of aromatic nitrogens is 2. The number of carboxylic acids is 1. The second-order valence-corrected chi connectivity index (χ2v) is 4.13. The predicted molar refractivity (Wildman–Crippen MR) is 59.7 cm³/mol. The molecule has 2 rings (SSSR count). The van der Waals surface area contributed by atoms with E-state index in [-0.39, 0.29) is 6.42 Å². The number of hydrogen-bond donors (Lipinski definition) is 2. The summed E-state index contributed by atoms with van der Waals surface area (Å²) in [6.45, 7) is 0. The number of carbonyl (C=O) groups is 1. The number of nitrogens with one attached hydrogen (secondary N) is 1. The van der Waals surface area contributed by atoms with Crippen molar-refractivity contribution in [2.24, 2.45) is 0 Å². The Labute approximate surface area is 95.2 Å². The van der Waals surface area contributed by atoms with Crippen LogP contribution in [-0.4, -0.2) is 37.9 Å². The molecule has 0 aliphatic carbocycles. The molecule has 0 radical (unpaired) electrons. The van der Waals surface area contributed by atoms with Crippen LogP contribution in [-0.2, 0) is 16.4 Å². The zero-order valence-electron chi connectivity index (χ0n) is 8.03. The van der Waals surface area contributed by atoms with Crippen molar-refractivity contribution < 1.29 is 9.90 Å². The van der Waals surface area contributed by atoms with E-state index >= 15 is 0 Å². The van der Waals surface area contributed by atoms with Crippen LogP contribution in [0.3, 0.4) is 0 Å². The van der Waals surface area contributed by atoms with Crippen molar-refractivity contribution in [3.05, 3.63) is 29.6 Å². The summed E-state index contributed by atoms with van der Waals surface area (Å²) >= 11 is 1.58. The second kappa shape index (κ2) is 4.07. The fourth-order valence-corrected chi connectivity index (χ4v) is 1.95. The molecule has 0 fully saturated rings. The summed E-state index contributed by atoms with van der Waals surface area (Å²) in [6.07, 6.45) is 0.0243. The first-order valence-electron chi connectivity index (χ1n) is 4.59. The number of H-pyrrole nitrogens is 1. The third-order valence-corrected chi connectivity index (χ3v) is 2.99. The number of para-hydroxylation sites is 1. The van der Waals surface area contributed by atoms with E-state index in [9.17, 15) is 4.79 Å². The van der Waals surface area contributed by atoms with Gasteiger partial charge in [-0.3, -0.25) is 0 Å². The molecule has 2 aromatic rings. The first-order valence-corrected chi connectivity index (χ1v) is 6.30. The Morgan fingerprint density at radius 1 is 1.53 bits per heavy atom. The molecule has 1 aromatic heterocycles. The van der Waals surface area contributed by atoms with Crippen molar-refractivity contribution in [2.75, 3.05) is 0 Å². The molecule has 1 unspecified atom stereocenters. The normalized spacial score (nSPS) is 10.7. The fraction of sp³-hybridized carbons (Fsp3) is 0.200. The van der Waals surface area contributed by atoms with Crippen molar-refractivity contribution in [1.82, 2.24) is 9.97 Å². The number of nitrogens with zero attached hydrogens (tertiary/aromatic N) is 1. The van der Waals surface area contributed by atoms with Gasteiger partial charge >= 0.3 is 94.9 Å². The zero-order chi connectivity index (χ0) is 10.8. The molecule has 5 heteroatoms. The summed E-state index contributed by atoms with van der Waals surface area (Å²) in [7, 11) is 0. The third-order valence-electron chi connectivity index (χ3n) is 2.18. The monoisotopic (exact) mass is 266 g/mol. The van der Waals surface area contributed by atoms with Gasteiger partial charge in [0.05, 0.1) is 0 Å². The average molecular weight is 266 g/mol. The van der Waals surface area contributed by atoms with Crippen molar-refractivity contribution in [3.8, 4) is 0 Å². The standard InChI is InChI=1S/C10H11AsN2O2/c11-5-8-12-7-3-1-2-6(4-9(14)15)10(7)13-8/h1-3H,4-5,11H2,(H,12,13)(H,14,15). The molecule has 0 spiro atoms. The Morgan fingerprint density at radius 2 is 2.33 bits per heavy atom. The van der Waals surface area contributed by atoms with Gasteiger partial charge in [0.2, 0.25) is 0 Å². The van der Waals surface area contributed by atoms with Crippen LogP contribution >= 0.6 is 0 Å². The van der Waals surface area contributed by atoms with Crippen LogP contribution < -0.4 is 0 Å². The van der Waals surface area contributed by atoms with E-state index in [1.54, 1.807) is 16.9 Å². The first-order chi connectivity index (χ1) is 7.20. The van der Waals surface area contributed by atoms with Gasteiger partial charge in [-0.05, 0) is 0 Å². The summed E-state index contributed by atoms with van der Waals surface area (Å²) in [6, 6.07) is 5.57. The zero-order valence-corrected chi connectivity index (χ0v) is 10.4. The molecule has 0 amide bonds. The van der Waals surface area contributed by atoms with Gasteiger partial charge in [0.1, 0.15) is 0 Å². The van der Waals surface area contributed by atoms with Crippen molar-refractivity contribution in [1.29, 1.82) is 0 Å². The Morgan fingerprint density at radius 3 is 3.00 bits per heavy atom. The maximum absolute atomic E-state index is 10.7. The first kappa shape index (κ1) is 10.2. The van der Waals surface area contributed by atoms with Crippen LogP contribution in [0.1, 0.15) is 11.4 Å². The number of carboxylic acid groups (broad SMARTS) is 1. The molecule has 0 bridgehead atoms. The van der Waals surface area contributed by atoms with Gasteiger partial charge in [-0.15, -0.1) is 0 Å². The van der Waals surface area contributed by atoms with Crippen LogP contribution in [0, 0.1) is 0 Å². The van der Waals surface area contributed by atoms with Gasteiger partial charge in [-0.1, -0.05) is 0 Å². The molecular formula is C10H11AsN2O2. The van der Waals surface area contributed by atoms with Gasteiger partial charge in [0.25, 0.3) is 0 Å². The van der Waals surface area contributed by atoms with E-state index in [0.29, 0.717) is 0 Å². The third kappa shape index (κ3) is 2.05. The van der Waals surface area contributed by atoms with Gasteiger partial charge < -0.3 is 0 Å². The Kier molecular flexibility index (Phi) is 2.78. The van der Waals surface area contributed by atoms with E-state index in [4.69, 9.17) is 5.11 Å². The Hall–Kier alpha value is -1.28. The summed E-state index contributed by atoms with van der Waals surface area (Å²) in [5, 5.41) is 9.64. The molecule has 15 heavy (non-hydrogen) atoms. The number of aliphatic carboxylic acids is 1. The Bertz CT molecular complexity index is 507. The minimum absolute atomic E-state index is 0.0243. The van der Waals surface area contributed by atoms with E-state index < -0.39 is 5.97 Å². The summed E-state index contributed by atoms with van der Waals surface area (Å²) in [5.74, 6) is 0.0932. The number of hydrogen-bond acceptors (Lipinski definition) is 2. The summed E-state index contributed by atoms with van der Waals surface area (Å²) in [5.41, 5.74) is 2.47. The second-order valence-electron chi connectivity index (χ2n) is 3.27. The van der Waals surface area contributed by atoms with Crippen LogP contribution in [0.15, 0.2) is 18.2 Å². The van der Waals surface area contributed by atoms with Crippen LogP contribution in [0.4, 0.5) is 0 Å². The molecule has 1 atom stereocenters. The molecule has 2 N–H and O–H groups in total. The molecule has 78 valence electrons. The van der Waals surface area contributed by atoms with Gasteiger partial charge in [-0.2, -0.15) is 0 Å². The SMILES string of the molecule is O=C(O)Cc1cccc2[nH]c(C[AsH2])nc12. The molecule has 0 aliphatic heterocycles. The summed E-state index contributed by atoms with van der Waals surface area (Å²) in [4.78, 5) is 18.2. The molecule has 0 saturated heterocycles. The van der Waals surface area contributed by atoms with Crippen molar-refractivity contribution in [3.63, 3.8) is 0 Å². The number of aromatic amines is 1. The van der Waals surface area contributed by atoms with Crippen molar-refractivity contribution in [2.45, 2.75) is 11.6 Å². The van der Waals surface area contributed by atoms with E-state index in [2.05, 4.69) is 9.97 Å². The van der Waals surface area contributed by atoms with Gasteiger partial charge in [0.15, 0.2) is 0 Å². The quantitative estimate of drug-likeness (QED) is 0.786. The fourth-order valence-electron chi connectivity index (χ4n) is 1.54. The topological polar surface area (TPSA) is 66.0 Å². The molecule has 4 nitrogen and oxygen atoms in total.